The smallest absolute Gasteiger partial charge is 0.255 e. The third-order valence-electron chi connectivity index (χ3n) is 4.99. The molecule has 0 bridgehead atoms. The Balaban J connectivity index is 2.36. The first kappa shape index (κ1) is 21.8. The van der Waals surface area contributed by atoms with Gasteiger partial charge >= 0.3 is 0 Å². The molecule has 0 fully saturated rings. The number of rotatable bonds is 6. The second-order valence-corrected chi connectivity index (χ2v) is 9.12. The van der Waals surface area contributed by atoms with Crippen LogP contribution >= 0.6 is 0 Å². The minimum Gasteiger partial charge on any atom is -0.496 e. The first-order chi connectivity index (χ1) is 13.0. The van der Waals surface area contributed by atoms with Gasteiger partial charge in [-0.05, 0) is 68.1 Å². The average Bonchev–Trinajstić information content (AvgIpc) is 2.62. The van der Waals surface area contributed by atoms with Gasteiger partial charge in [0.15, 0.2) is 0 Å². The van der Waals surface area contributed by atoms with Crippen LogP contribution in [0.4, 0.5) is 5.69 Å². The highest BCUT2D eigenvalue weighted by molar-refractivity contribution is 7.92. The van der Waals surface area contributed by atoms with Crippen LogP contribution in [0.15, 0.2) is 30.3 Å². The van der Waals surface area contributed by atoms with Crippen molar-refractivity contribution >= 4 is 21.6 Å². The van der Waals surface area contributed by atoms with Gasteiger partial charge in [0.2, 0.25) is 10.0 Å². The second-order valence-electron chi connectivity index (χ2n) is 7.10. The van der Waals surface area contributed by atoms with Gasteiger partial charge in [0.25, 0.3) is 5.91 Å². The van der Waals surface area contributed by atoms with Crippen molar-refractivity contribution in [2.45, 2.75) is 33.7 Å². The highest BCUT2D eigenvalue weighted by Gasteiger charge is 2.20. The Labute approximate surface area is 167 Å². The van der Waals surface area contributed by atoms with Crippen molar-refractivity contribution in [2.75, 3.05) is 24.7 Å². The van der Waals surface area contributed by atoms with Crippen molar-refractivity contribution in [1.82, 2.24) is 5.32 Å². The van der Waals surface area contributed by atoms with E-state index in [0.717, 1.165) is 27.3 Å². The summed E-state index contributed by atoms with van der Waals surface area (Å²) in [5, 5.41) is 2.99. The summed E-state index contributed by atoms with van der Waals surface area (Å²) in [5.74, 6) is 0.0536. The molecule has 2 rings (SSSR count). The Morgan fingerprint density at radius 3 is 2.25 bits per heavy atom. The molecule has 1 atom stereocenters. The fraction of sp³-hybridized carbons (Fsp3) is 0.381. The minimum atomic E-state index is -3.44. The highest BCUT2D eigenvalue weighted by Crippen LogP contribution is 2.27. The maximum atomic E-state index is 12.9. The summed E-state index contributed by atoms with van der Waals surface area (Å²) >= 11 is 0. The fourth-order valence-electron chi connectivity index (χ4n) is 3.06. The number of ether oxygens (including phenoxy) is 1. The molecular formula is C21H28N2O4S. The highest BCUT2D eigenvalue weighted by atomic mass is 32.2. The van der Waals surface area contributed by atoms with E-state index in [9.17, 15) is 13.2 Å². The molecule has 0 saturated heterocycles. The first-order valence-electron chi connectivity index (χ1n) is 8.96. The standard InChI is InChI=1S/C21H28N2O4S/c1-13-10-15(3)18(11-14(13)2)16(4)22-21(24)19-12-17(8-9-20(19)27-6)23(5)28(7,25)26/h8-12,16H,1-7H3,(H,22,24)/t16-/m1/s1. The Hall–Kier alpha value is -2.54. The van der Waals surface area contributed by atoms with Crippen LogP contribution in [0.5, 0.6) is 5.75 Å². The van der Waals surface area contributed by atoms with Crippen molar-refractivity contribution in [3.63, 3.8) is 0 Å². The molecule has 0 aliphatic heterocycles. The Morgan fingerprint density at radius 1 is 1.07 bits per heavy atom. The molecule has 0 radical (unpaired) electrons. The number of benzene rings is 2. The number of methoxy groups -OCH3 is 1. The largest absolute Gasteiger partial charge is 0.496 e. The molecule has 2 aromatic rings. The molecular weight excluding hydrogens is 376 g/mol. The zero-order chi connectivity index (χ0) is 21.2. The Kier molecular flexibility index (Phi) is 6.39. The third kappa shape index (κ3) is 4.65. The van der Waals surface area contributed by atoms with E-state index < -0.39 is 10.0 Å². The molecule has 0 spiro atoms. The van der Waals surface area contributed by atoms with Gasteiger partial charge < -0.3 is 10.1 Å². The van der Waals surface area contributed by atoms with E-state index in [1.807, 2.05) is 20.8 Å². The van der Waals surface area contributed by atoms with Crippen molar-refractivity contribution < 1.29 is 17.9 Å². The van der Waals surface area contributed by atoms with E-state index in [2.05, 4.69) is 24.4 Å². The predicted octanol–water partition coefficient (Wildman–Crippen LogP) is 3.51. The van der Waals surface area contributed by atoms with E-state index in [-0.39, 0.29) is 17.5 Å². The van der Waals surface area contributed by atoms with Gasteiger partial charge in [-0.1, -0.05) is 12.1 Å². The summed E-state index contributed by atoms with van der Waals surface area (Å²) in [6.07, 6.45) is 1.11. The van der Waals surface area contributed by atoms with E-state index >= 15 is 0 Å². The first-order valence-corrected chi connectivity index (χ1v) is 10.8. The molecule has 0 unspecified atom stereocenters. The number of sulfonamides is 1. The number of nitrogens with one attached hydrogen (secondary N) is 1. The SMILES string of the molecule is COc1ccc(N(C)S(C)(=O)=O)cc1C(=O)N[C@H](C)c1cc(C)c(C)cc1C. The summed E-state index contributed by atoms with van der Waals surface area (Å²) < 4.78 is 30.1. The monoisotopic (exact) mass is 404 g/mol. The van der Waals surface area contributed by atoms with Gasteiger partial charge in [-0.15, -0.1) is 0 Å². The molecule has 28 heavy (non-hydrogen) atoms. The van der Waals surface area contributed by atoms with Crippen LogP contribution in [-0.2, 0) is 10.0 Å². The normalized spacial score (nSPS) is 12.4. The Bertz CT molecular complexity index is 1000. The number of amides is 1. The maximum Gasteiger partial charge on any atom is 0.255 e. The number of hydrogen-bond donors (Lipinski definition) is 1. The van der Waals surface area contributed by atoms with Gasteiger partial charge in [0.1, 0.15) is 5.75 Å². The number of hydrogen-bond acceptors (Lipinski definition) is 4. The molecule has 1 N–H and O–H groups in total. The number of aryl methyl sites for hydroxylation is 3. The van der Waals surface area contributed by atoms with Crippen LogP contribution in [0.25, 0.3) is 0 Å². The number of carbonyl (C=O) groups is 1. The van der Waals surface area contributed by atoms with Crippen LogP contribution in [0.3, 0.4) is 0 Å². The van der Waals surface area contributed by atoms with E-state index in [1.54, 1.807) is 12.1 Å². The zero-order valence-corrected chi connectivity index (χ0v) is 18.3. The third-order valence-corrected chi connectivity index (χ3v) is 6.19. The molecule has 6 nitrogen and oxygen atoms in total. The number of nitrogens with zero attached hydrogens (tertiary/aromatic N) is 1. The second kappa shape index (κ2) is 8.22. The maximum absolute atomic E-state index is 12.9. The van der Waals surface area contributed by atoms with Crippen molar-refractivity contribution in [3.05, 3.63) is 58.1 Å². The summed E-state index contributed by atoms with van der Waals surface area (Å²) in [6, 6.07) is 8.70. The molecule has 7 heteroatoms. The van der Waals surface area contributed by atoms with Gasteiger partial charge in [0.05, 0.1) is 30.7 Å². The van der Waals surface area contributed by atoms with E-state index in [1.165, 1.54) is 25.8 Å². The summed E-state index contributed by atoms with van der Waals surface area (Å²) in [6.45, 7) is 8.05. The quantitative estimate of drug-likeness (QED) is 0.799. The lowest BCUT2D eigenvalue weighted by molar-refractivity contribution is 0.0936. The fourth-order valence-corrected chi connectivity index (χ4v) is 3.56. The number of anilines is 1. The van der Waals surface area contributed by atoms with Crippen molar-refractivity contribution in [1.29, 1.82) is 0 Å². The van der Waals surface area contributed by atoms with Gasteiger partial charge in [-0.25, -0.2) is 8.42 Å². The lowest BCUT2D eigenvalue weighted by Gasteiger charge is -2.21. The van der Waals surface area contributed by atoms with Crippen LogP contribution < -0.4 is 14.4 Å². The van der Waals surface area contributed by atoms with E-state index in [0.29, 0.717) is 11.4 Å². The summed E-state index contributed by atoms with van der Waals surface area (Å²) in [4.78, 5) is 12.9. The molecule has 2 aromatic carbocycles. The Morgan fingerprint density at radius 2 is 1.68 bits per heavy atom. The van der Waals surface area contributed by atoms with Crippen molar-refractivity contribution in [3.8, 4) is 5.75 Å². The van der Waals surface area contributed by atoms with Crippen LogP contribution in [0, 0.1) is 20.8 Å². The van der Waals surface area contributed by atoms with E-state index in [4.69, 9.17) is 4.74 Å². The topological polar surface area (TPSA) is 75.7 Å². The van der Waals surface area contributed by atoms with Crippen molar-refractivity contribution in [2.24, 2.45) is 0 Å². The lowest BCUT2D eigenvalue weighted by atomic mass is 9.96. The zero-order valence-electron chi connectivity index (χ0n) is 17.5. The molecule has 0 aliphatic carbocycles. The lowest BCUT2D eigenvalue weighted by Crippen LogP contribution is -2.29. The van der Waals surface area contributed by atoms with Gasteiger partial charge in [-0.2, -0.15) is 0 Å². The molecule has 0 aromatic heterocycles. The van der Waals surface area contributed by atoms with Crippen LogP contribution in [0.2, 0.25) is 0 Å². The number of carbonyl (C=O) groups excluding carboxylic acids is 1. The predicted molar refractivity (Wildman–Crippen MR) is 113 cm³/mol. The van der Waals surface area contributed by atoms with Gasteiger partial charge in [-0.3, -0.25) is 9.10 Å². The average molecular weight is 405 g/mol. The molecule has 0 heterocycles. The summed E-state index contributed by atoms with van der Waals surface area (Å²) in [7, 11) is -0.518. The molecule has 0 saturated carbocycles. The molecule has 1 amide bonds. The van der Waals surface area contributed by atoms with Crippen LogP contribution in [0.1, 0.15) is 45.6 Å². The summed E-state index contributed by atoms with van der Waals surface area (Å²) in [5.41, 5.74) is 5.19. The molecule has 152 valence electrons. The minimum absolute atomic E-state index is 0.215. The van der Waals surface area contributed by atoms with Gasteiger partial charge in [0, 0.05) is 7.05 Å². The van der Waals surface area contributed by atoms with Crippen LogP contribution in [-0.4, -0.2) is 34.7 Å². The molecule has 0 aliphatic rings.